The number of hydrogen-bond donors (Lipinski definition) is 1. The highest BCUT2D eigenvalue weighted by Gasteiger charge is 2.13. The van der Waals surface area contributed by atoms with Crippen molar-refractivity contribution in [2.45, 2.75) is 5.33 Å². The van der Waals surface area contributed by atoms with Gasteiger partial charge in [-0.05, 0) is 12.1 Å². The number of carbonyl (C=O) groups is 1. The van der Waals surface area contributed by atoms with Crippen molar-refractivity contribution in [1.82, 2.24) is 0 Å². The van der Waals surface area contributed by atoms with Crippen LogP contribution in [0.5, 0.6) is 5.75 Å². The van der Waals surface area contributed by atoms with Gasteiger partial charge in [0.05, 0.1) is 17.7 Å². The topological polar surface area (TPSA) is 46.5 Å². The molecule has 0 amide bonds. The molecule has 0 fully saturated rings. The molecule has 0 atom stereocenters. The van der Waals surface area contributed by atoms with Crippen molar-refractivity contribution in [3.63, 3.8) is 0 Å². The third kappa shape index (κ3) is 2.19. The first kappa shape index (κ1) is 11.3. The van der Waals surface area contributed by atoms with Crippen molar-refractivity contribution in [3.05, 3.63) is 28.3 Å². The summed E-state index contributed by atoms with van der Waals surface area (Å²) in [6.45, 7) is 0. The second-order valence-electron chi connectivity index (χ2n) is 2.58. The van der Waals surface area contributed by atoms with E-state index in [1.807, 2.05) is 0 Å². The molecule has 14 heavy (non-hydrogen) atoms. The van der Waals surface area contributed by atoms with Gasteiger partial charge in [0.15, 0.2) is 0 Å². The van der Waals surface area contributed by atoms with Gasteiger partial charge >= 0.3 is 5.97 Å². The molecule has 0 radical (unpaired) electrons. The molecule has 0 aliphatic carbocycles. The predicted octanol–water partition coefficient (Wildman–Crippen LogP) is 2.94. The Kier molecular flexibility index (Phi) is 3.77. The monoisotopic (exact) mass is 278 g/mol. The Hall–Kier alpha value is -0.740. The lowest BCUT2D eigenvalue weighted by atomic mass is 10.1. The Bertz CT molecular complexity index is 365. The van der Waals surface area contributed by atoms with Crippen molar-refractivity contribution in [1.29, 1.82) is 0 Å². The first-order chi connectivity index (χ1) is 6.60. The molecule has 1 aromatic rings. The van der Waals surface area contributed by atoms with E-state index in [0.717, 1.165) is 5.56 Å². The zero-order valence-corrected chi connectivity index (χ0v) is 9.72. The minimum atomic E-state index is -1.06. The average Bonchev–Trinajstić information content (AvgIpc) is 2.16. The summed E-state index contributed by atoms with van der Waals surface area (Å²) in [5.74, 6) is -0.543. The zero-order valence-electron chi connectivity index (χ0n) is 7.38. The summed E-state index contributed by atoms with van der Waals surface area (Å²) in [5.41, 5.74) is 0.871. The van der Waals surface area contributed by atoms with Gasteiger partial charge in [0, 0.05) is 10.9 Å². The Morgan fingerprint density at radius 1 is 1.64 bits per heavy atom. The van der Waals surface area contributed by atoms with Crippen LogP contribution in [0.25, 0.3) is 0 Å². The minimum absolute atomic E-state index is 0.0493. The third-order valence-corrected chi connectivity index (χ3v) is 2.66. The summed E-state index contributed by atoms with van der Waals surface area (Å²) in [5, 5.41) is 9.58. The average molecular weight is 280 g/mol. The summed E-state index contributed by atoms with van der Waals surface area (Å²) in [4.78, 5) is 10.7. The van der Waals surface area contributed by atoms with Gasteiger partial charge in [0.25, 0.3) is 0 Å². The molecule has 3 nitrogen and oxygen atoms in total. The van der Waals surface area contributed by atoms with Gasteiger partial charge < -0.3 is 9.84 Å². The lowest BCUT2D eigenvalue weighted by molar-refractivity contribution is 0.0696. The Morgan fingerprint density at radius 2 is 2.29 bits per heavy atom. The first-order valence-electron chi connectivity index (χ1n) is 3.75. The second-order valence-corrected chi connectivity index (χ2v) is 3.55. The number of rotatable bonds is 3. The molecular formula is C9H8BrClO3. The van der Waals surface area contributed by atoms with E-state index in [9.17, 15) is 4.79 Å². The van der Waals surface area contributed by atoms with E-state index >= 15 is 0 Å². The smallest absolute Gasteiger partial charge is 0.337 e. The lowest BCUT2D eigenvalue weighted by Crippen LogP contribution is -2.00. The maximum absolute atomic E-state index is 10.7. The number of hydrogen-bond acceptors (Lipinski definition) is 2. The molecule has 5 heteroatoms. The van der Waals surface area contributed by atoms with E-state index in [-0.39, 0.29) is 10.6 Å². The highest BCUT2D eigenvalue weighted by molar-refractivity contribution is 9.08. The number of aromatic carboxylic acids is 1. The zero-order chi connectivity index (χ0) is 10.7. The van der Waals surface area contributed by atoms with Gasteiger partial charge in [0.1, 0.15) is 5.75 Å². The quantitative estimate of drug-likeness (QED) is 0.865. The number of halogens is 2. The van der Waals surface area contributed by atoms with Crippen LogP contribution in [0.3, 0.4) is 0 Å². The van der Waals surface area contributed by atoms with Gasteiger partial charge in [-0.15, -0.1) is 0 Å². The molecule has 0 saturated heterocycles. The van der Waals surface area contributed by atoms with Crippen molar-refractivity contribution in [2.24, 2.45) is 0 Å². The highest BCUT2D eigenvalue weighted by atomic mass is 79.9. The number of carboxylic acid groups (broad SMARTS) is 1. The molecule has 0 aliphatic rings. The van der Waals surface area contributed by atoms with E-state index in [1.165, 1.54) is 13.2 Å². The van der Waals surface area contributed by atoms with E-state index in [2.05, 4.69) is 15.9 Å². The number of benzene rings is 1. The van der Waals surface area contributed by atoms with Crippen LogP contribution < -0.4 is 4.74 Å². The van der Waals surface area contributed by atoms with Crippen LogP contribution in [-0.4, -0.2) is 18.2 Å². The second kappa shape index (κ2) is 4.66. The van der Waals surface area contributed by atoms with Crippen LogP contribution >= 0.6 is 27.5 Å². The summed E-state index contributed by atoms with van der Waals surface area (Å²) in [7, 11) is 1.49. The van der Waals surface area contributed by atoms with Crippen molar-refractivity contribution in [3.8, 4) is 5.75 Å². The Morgan fingerprint density at radius 3 is 2.71 bits per heavy atom. The fourth-order valence-electron chi connectivity index (χ4n) is 1.05. The van der Waals surface area contributed by atoms with Crippen LogP contribution in [0.1, 0.15) is 15.9 Å². The molecule has 76 valence electrons. The fraction of sp³-hybridized carbons (Fsp3) is 0.222. The molecule has 0 aliphatic heterocycles. The van der Waals surface area contributed by atoms with E-state index in [4.69, 9.17) is 21.4 Å². The largest absolute Gasteiger partial charge is 0.496 e. The Balaban J connectivity index is 3.30. The summed E-state index contributed by atoms with van der Waals surface area (Å²) < 4.78 is 5.03. The molecule has 0 aromatic heterocycles. The van der Waals surface area contributed by atoms with E-state index < -0.39 is 5.97 Å². The van der Waals surface area contributed by atoms with E-state index in [0.29, 0.717) is 11.1 Å². The fourth-order valence-corrected chi connectivity index (χ4v) is 1.76. The van der Waals surface area contributed by atoms with Crippen LogP contribution in [0.15, 0.2) is 12.1 Å². The van der Waals surface area contributed by atoms with Crippen LogP contribution in [0.2, 0.25) is 5.02 Å². The number of alkyl halides is 1. The highest BCUT2D eigenvalue weighted by Crippen LogP contribution is 2.28. The summed E-state index contributed by atoms with van der Waals surface area (Å²) in [6.07, 6.45) is 0. The predicted molar refractivity (Wildman–Crippen MR) is 57.6 cm³/mol. The molecule has 0 unspecified atom stereocenters. The summed E-state index contributed by atoms with van der Waals surface area (Å²) >= 11 is 9.03. The Labute approximate surface area is 94.8 Å². The molecule has 0 heterocycles. The lowest BCUT2D eigenvalue weighted by Gasteiger charge is -2.08. The first-order valence-corrected chi connectivity index (χ1v) is 5.25. The SMILES string of the molecule is COc1cc(C(=O)O)c(Cl)cc1CBr. The molecule has 0 spiro atoms. The summed E-state index contributed by atoms with van der Waals surface area (Å²) in [6, 6.07) is 3.00. The molecular weight excluding hydrogens is 271 g/mol. The minimum Gasteiger partial charge on any atom is -0.496 e. The number of methoxy groups -OCH3 is 1. The normalized spacial score (nSPS) is 9.93. The van der Waals surface area contributed by atoms with Crippen molar-refractivity contribution >= 4 is 33.5 Å². The van der Waals surface area contributed by atoms with Gasteiger partial charge in [-0.25, -0.2) is 4.79 Å². The number of carboxylic acids is 1. The maximum Gasteiger partial charge on any atom is 0.337 e. The van der Waals surface area contributed by atoms with Crippen LogP contribution in [0, 0.1) is 0 Å². The molecule has 0 saturated carbocycles. The standard InChI is InChI=1S/C9H8BrClO3/c1-14-8-3-6(9(12)13)7(11)2-5(8)4-10/h2-3H,4H2,1H3,(H,12,13). The van der Waals surface area contributed by atoms with E-state index in [1.54, 1.807) is 6.07 Å². The molecule has 1 rings (SSSR count). The van der Waals surface area contributed by atoms with Crippen LogP contribution in [0.4, 0.5) is 0 Å². The molecule has 1 aromatic carbocycles. The van der Waals surface area contributed by atoms with Crippen LogP contribution in [-0.2, 0) is 5.33 Å². The third-order valence-electron chi connectivity index (χ3n) is 1.74. The van der Waals surface area contributed by atoms with Gasteiger partial charge in [0.2, 0.25) is 0 Å². The van der Waals surface area contributed by atoms with Gasteiger partial charge in [-0.1, -0.05) is 27.5 Å². The number of ether oxygens (including phenoxy) is 1. The molecule has 0 bridgehead atoms. The maximum atomic E-state index is 10.7. The molecule has 1 N–H and O–H groups in total. The van der Waals surface area contributed by atoms with Crippen molar-refractivity contribution < 1.29 is 14.6 Å². The van der Waals surface area contributed by atoms with Gasteiger partial charge in [-0.2, -0.15) is 0 Å². The van der Waals surface area contributed by atoms with Crippen molar-refractivity contribution in [2.75, 3.05) is 7.11 Å². The van der Waals surface area contributed by atoms with Gasteiger partial charge in [-0.3, -0.25) is 0 Å².